The average Bonchev–Trinajstić information content (AvgIpc) is 2.35. The number of hydrogen-bond acceptors (Lipinski definition) is 3. The summed E-state index contributed by atoms with van der Waals surface area (Å²) < 4.78 is 0. The largest absolute Gasteiger partial charge is 0.271 e. The fourth-order valence-electron chi connectivity index (χ4n) is 1.34. The Morgan fingerprint density at radius 1 is 1.47 bits per heavy atom. The second-order valence-electron chi connectivity index (χ2n) is 3.57. The van der Waals surface area contributed by atoms with Gasteiger partial charge in [0.05, 0.1) is 5.02 Å². The molecule has 0 aliphatic heterocycles. The Bertz CT molecular complexity index is 398. The molecule has 4 heteroatoms. The molecular weight excluding hydrogens is 252 g/mol. The Morgan fingerprint density at radius 2 is 2.24 bits per heavy atom. The molecule has 1 unspecified atom stereocenters. The third-order valence-corrected chi connectivity index (χ3v) is 3.98. The number of rotatable bonds is 6. The maximum atomic E-state index is 6.08. The van der Waals surface area contributed by atoms with Crippen molar-refractivity contribution >= 4 is 23.4 Å². The molecule has 2 nitrogen and oxygen atoms in total. The number of hydrazine groups is 1. The van der Waals surface area contributed by atoms with Crippen LogP contribution in [-0.2, 0) is 0 Å². The van der Waals surface area contributed by atoms with Crippen LogP contribution in [0.2, 0.25) is 5.02 Å². The van der Waals surface area contributed by atoms with Crippen molar-refractivity contribution in [1.29, 1.82) is 0 Å². The quantitative estimate of drug-likeness (QED) is 0.360. The molecule has 0 saturated heterocycles. The van der Waals surface area contributed by atoms with Crippen LogP contribution < -0.4 is 11.3 Å². The Kier molecular flexibility index (Phi) is 7.14. The lowest BCUT2D eigenvalue weighted by molar-refractivity contribution is 0.547. The van der Waals surface area contributed by atoms with Crippen LogP contribution in [0.15, 0.2) is 29.2 Å². The molecule has 0 bridgehead atoms. The number of benzene rings is 1. The summed E-state index contributed by atoms with van der Waals surface area (Å²) in [6.07, 6.45) is 1.82. The van der Waals surface area contributed by atoms with E-state index in [0.29, 0.717) is 0 Å². The molecule has 1 rings (SSSR count). The van der Waals surface area contributed by atoms with Gasteiger partial charge in [-0.3, -0.25) is 11.3 Å². The number of nitrogens with one attached hydrogen (secondary N) is 1. The SMILES string of the molecule is CC#CCCC(CSc1ccccc1Cl)NN. The first-order valence-electron chi connectivity index (χ1n) is 5.51. The molecular formula is C13H17ClN2S. The average molecular weight is 269 g/mol. The molecule has 0 heterocycles. The molecule has 0 saturated carbocycles. The standard InChI is InChI=1S/C13H17ClN2S/c1-2-3-4-7-11(16-15)10-17-13-9-6-5-8-12(13)14/h5-6,8-9,11,16H,4,7,10,15H2,1H3. The van der Waals surface area contributed by atoms with E-state index in [2.05, 4.69) is 17.3 Å². The fraction of sp³-hybridized carbons (Fsp3) is 0.385. The minimum Gasteiger partial charge on any atom is -0.271 e. The van der Waals surface area contributed by atoms with Gasteiger partial charge < -0.3 is 0 Å². The lowest BCUT2D eigenvalue weighted by Crippen LogP contribution is -2.36. The van der Waals surface area contributed by atoms with Crippen molar-refractivity contribution < 1.29 is 0 Å². The number of halogens is 1. The molecule has 0 spiro atoms. The van der Waals surface area contributed by atoms with Gasteiger partial charge in [-0.2, -0.15) is 0 Å². The van der Waals surface area contributed by atoms with Crippen molar-refractivity contribution in [2.75, 3.05) is 5.75 Å². The van der Waals surface area contributed by atoms with E-state index < -0.39 is 0 Å². The lowest BCUT2D eigenvalue weighted by atomic mass is 10.2. The Morgan fingerprint density at radius 3 is 2.88 bits per heavy atom. The molecule has 0 radical (unpaired) electrons. The van der Waals surface area contributed by atoms with E-state index in [9.17, 15) is 0 Å². The van der Waals surface area contributed by atoms with Crippen LogP contribution in [0.4, 0.5) is 0 Å². The van der Waals surface area contributed by atoms with Gasteiger partial charge in [-0.05, 0) is 25.5 Å². The van der Waals surface area contributed by atoms with E-state index in [-0.39, 0.29) is 6.04 Å². The summed E-state index contributed by atoms with van der Waals surface area (Å²) in [4.78, 5) is 1.09. The summed E-state index contributed by atoms with van der Waals surface area (Å²) >= 11 is 7.80. The van der Waals surface area contributed by atoms with E-state index in [1.54, 1.807) is 11.8 Å². The molecule has 0 aromatic heterocycles. The van der Waals surface area contributed by atoms with Gasteiger partial charge in [-0.1, -0.05) is 23.7 Å². The van der Waals surface area contributed by atoms with Gasteiger partial charge in [0.25, 0.3) is 0 Å². The highest BCUT2D eigenvalue weighted by molar-refractivity contribution is 7.99. The fourth-order valence-corrected chi connectivity index (χ4v) is 2.66. The highest BCUT2D eigenvalue weighted by Gasteiger charge is 2.07. The van der Waals surface area contributed by atoms with Gasteiger partial charge in [0.15, 0.2) is 0 Å². The molecule has 92 valence electrons. The zero-order chi connectivity index (χ0) is 12.5. The van der Waals surface area contributed by atoms with E-state index in [1.807, 2.05) is 31.2 Å². The smallest absolute Gasteiger partial charge is 0.0541 e. The third-order valence-electron chi connectivity index (χ3n) is 2.31. The van der Waals surface area contributed by atoms with Crippen LogP contribution in [0.5, 0.6) is 0 Å². The normalized spacial score (nSPS) is 11.7. The second-order valence-corrected chi connectivity index (χ2v) is 5.04. The van der Waals surface area contributed by atoms with Gasteiger partial charge in [-0.15, -0.1) is 23.6 Å². The molecule has 0 aliphatic rings. The van der Waals surface area contributed by atoms with Gasteiger partial charge in [0.1, 0.15) is 0 Å². The van der Waals surface area contributed by atoms with Crippen molar-refractivity contribution in [1.82, 2.24) is 5.43 Å². The lowest BCUT2D eigenvalue weighted by Gasteiger charge is -2.14. The number of nitrogens with two attached hydrogens (primary N) is 1. The van der Waals surface area contributed by atoms with Crippen LogP contribution in [0.3, 0.4) is 0 Å². The van der Waals surface area contributed by atoms with Crippen LogP contribution in [0.1, 0.15) is 19.8 Å². The monoisotopic (exact) mass is 268 g/mol. The van der Waals surface area contributed by atoms with Crippen molar-refractivity contribution in [3.05, 3.63) is 29.3 Å². The van der Waals surface area contributed by atoms with Gasteiger partial charge >= 0.3 is 0 Å². The van der Waals surface area contributed by atoms with Crippen molar-refractivity contribution in [3.8, 4) is 11.8 Å². The molecule has 1 aromatic carbocycles. The summed E-state index contributed by atoms with van der Waals surface area (Å²) in [5, 5.41) is 0.793. The first-order valence-corrected chi connectivity index (χ1v) is 6.87. The van der Waals surface area contributed by atoms with Crippen molar-refractivity contribution in [2.45, 2.75) is 30.7 Å². The zero-order valence-corrected chi connectivity index (χ0v) is 11.4. The van der Waals surface area contributed by atoms with Gasteiger partial charge in [-0.25, -0.2) is 0 Å². The molecule has 1 atom stereocenters. The third kappa shape index (κ3) is 5.47. The second kappa shape index (κ2) is 8.43. The summed E-state index contributed by atoms with van der Waals surface area (Å²) in [6.45, 7) is 1.85. The summed E-state index contributed by atoms with van der Waals surface area (Å²) in [6, 6.07) is 8.10. The molecule has 0 aliphatic carbocycles. The molecule has 17 heavy (non-hydrogen) atoms. The van der Waals surface area contributed by atoms with Crippen molar-refractivity contribution in [2.24, 2.45) is 5.84 Å². The number of hydrogen-bond donors (Lipinski definition) is 2. The maximum absolute atomic E-state index is 6.08. The van der Waals surface area contributed by atoms with Crippen LogP contribution in [-0.4, -0.2) is 11.8 Å². The molecule has 0 fully saturated rings. The molecule has 0 amide bonds. The van der Waals surface area contributed by atoms with E-state index >= 15 is 0 Å². The van der Waals surface area contributed by atoms with Crippen LogP contribution in [0.25, 0.3) is 0 Å². The highest BCUT2D eigenvalue weighted by atomic mass is 35.5. The zero-order valence-electron chi connectivity index (χ0n) is 9.87. The number of thioether (sulfide) groups is 1. The first kappa shape index (κ1) is 14.4. The predicted octanol–water partition coefficient (Wildman–Crippen LogP) is 3.07. The predicted molar refractivity (Wildman–Crippen MR) is 76.0 cm³/mol. The summed E-state index contributed by atoms with van der Waals surface area (Å²) in [5.41, 5.74) is 2.82. The molecule has 3 N–H and O–H groups in total. The van der Waals surface area contributed by atoms with Crippen LogP contribution >= 0.6 is 23.4 Å². The van der Waals surface area contributed by atoms with Gasteiger partial charge in [0, 0.05) is 23.1 Å². The maximum Gasteiger partial charge on any atom is 0.0541 e. The van der Waals surface area contributed by atoms with Crippen LogP contribution in [0, 0.1) is 11.8 Å². The minimum absolute atomic E-state index is 0.261. The Balaban J connectivity index is 2.41. The Labute approximate surface area is 112 Å². The first-order chi connectivity index (χ1) is 8.27. The summed E-state index contributed by atoms with van der Waals surface area (Å²) in [5.74, 6) is 12.3. The van der Waals surface area contributed by atoms with E-state index in [0.717, 1.165) is 28.5 Å². The summed E-state index contributed by atoms with van der Waals surface area (Å²) in [7, 11) is 0. The van der Waals surface area contributed by atoms with E-state index in [1.165, 1.54) is 0 Å². The topological polar surface area (TPSA) is 38.0 Å². The van der Waals surface area contributed by atoms with Gasteiger partial charge in [0.2, 0.25) is 0 Å². The molecule has 1 aromatic rings. The Hall–Kier alpha value is -0.660. The van der Waals surface area contributed by atoms with Crippen molar-refractivity contribution in [3.63, 3.8) is 0 Å². The minimum atomic E-state index is 0.261. The highest BCUT2D eigenvalue weighted by Crippen LogP contribution is 2.27. The van der Waals surface area contributed by atoms with E-state index in [4.69, 9.17) is 17.4 Å².